The van der Waals surface area contributed by atoms with E-state index in [9.17, 15) is 0 Å². The van der Waals surface area contributed by atoms with Crippen LogP contribution in [0.3, 0.4) is 0 Å². The third-order valence-corrected chi connectivity index (χ3v) is 15.0. The van der Waals surface area contributed by atoms with Crippen molar-refractivity contribution < 1.29 is 0 Å². The van der Waals surface area contributed by atoms with Crippen molar-refractivity contribution in [1.29, 1.82) is 0 Å². The minimum Gasteiger partial charge on any atom is -0.383 e. The lowest BCUT2D eigenvalue weighted by Gasteiger charge is -2.51. The molecule has 3 aliphatic heterocycles. The Morgan fingerprint density at radius 1 is 0.460 bits per heavy atom. The zero-order chi connectivity index (χ0) is 41.5. The molecule has 63 heavy (non-hydrogen) atoms. The molecule has 0 bridgehead atoms. The maximum absolute atomic E-state index is 5.43. The largest absolute Gasteiger partial charge is 0.383 e. The van der Waals surface area contributed by atoms with Crippen molar-refractivity contribution in [3.8, 4) is 22.3 Å². The fourth-order valence-electron chi connectivity index (χ4n) is 11.4. The van der Waals surface area contributed by atoms with E-state index in [2.05, 4.69) is 229 Å². The standard InChI is InChI=1S/C59H41N3S/c1-2-18-38(19-3-1)53-37-54(52-30-16-17-35-60-52)62-57(61-53)43-22-5-4-20-40(43)39-33-34-42-41-21-6-7-23-44(41)58(51(42)36-39)45-24-8-10-26-47(45)59(48-27-11-9-25-46(48)58)49-28-12-14-31-55(49)63-56-32-15-13-29-50(56)59/h1-34,36-37,54,60H,35H2,(H,61,62). The van der Waals surface area contributed by atoms with Gasteiger partial charge in [0.25, 0.3) is 0 Å². The van der Waals surface area contributed by atoms with Crippen LogP contribution in [0.4, 0.5) is 0 Å². The van der Waals surface area contributed by atoms with E-state index in [1.807, 2.05) is 11.8 Å². The van der Waals surface area contributed by atoms with Crippen molar-refractivity contribution >= 4 is 23.3 Å². The van der Waals surface area contributed by atoms with Crippen LogP contribution in [0.1, 0.15) is 55.6 Å². The SMILES string of the molecule is C1=CCNC(C2C=C(c3ccccc3)NC(c3ccccc3-c3ccc4c(c3)C3(c5ccccc5-4)c4ccccc4C4(c5ccccc5Sc5ccccc54)c4ccccc43)=N2)=C1. The number of hydrogen-bond donors (Lipinski definition) is 2. The highest BCUT2D eigenvalue weighted by Gasteiger charge is 2.58. The van der Waals surface area contributed by atoms with Crippen LogP contribution in [0.2, 0.25) is 0 Å². The van der Waals surface area contributed by atoms with Gasteiger partial charge in [-0.15, -0.1) is 0 Å². The number of allylic oxidation sites excluding steroid dienone is 2. The second-order valence-corrected chi connectivity index (χ2v) is 18.0. The molecule has 3 heterocycles. The predicted octanol–water partition coefficient (Wildman–Crippen LogP) is 12.7. The second kappa shape index (κ2) is 14.1. The summed E-state index contributed by atoms with van der Waals surface area (Å²) in [6.07, 6.45) is 8.65. The minimum absolute atomic E-state index is 0.164. The van der Waals surface area contributed by atoms with E-state index < -0.39 is 10.8 Å². The fourth-order valence-corrected chi connectivity index (χ4v) is 12.6. The Hall–Kier alpha value is -7.40. The van der Waals surface area contributed by atoms with Gasteiger partial charge in [-0.25, -0.2) is 0 Å². The Balaban J connectivity index is 1.05. The summed E-state index contributed by atoms with van der Waals surface area (Å²) in [5.41, 5.74) is 18.8. The van der Waals surface area contributed by atoms with Gasteiger partial charge < -0.3 is 10.6 Å². The molecule has 3 nitrogen and oxygen atoms in total. The molecule has 1 unspecified atom stereocenters. The lowest BCUT2D eigenvalue weighted by molar-refractivity contribution is 0.605. The van der Waals surface area contributed by atoms with E-state index in [1.54, 1.807) is 0 Å². The zero-order valence-corrected chi connectivity index (χ0v) is 35.2. The lowest BCUT2D eigenvalue weighted by Crippen LogP contribution is -2.45. The van der Waals surface area contributed by atoms with Gasteiger partial charge in [0.1, 0.15) is 11.9 Å². The number of hydrogen-bond acceptors (Lipinski definition) is 4. The summed E-state index contributed by atoms with van der Waals surface area (Å²) in [5, 5.41) is 7.39. The number of benzene rings is 8. The molecule has 4 heteroatoms. The molecule has 2 N–H and O–H groups in total. The van der Waals surface area contributed by atoms with Crippen molar-refractivity contribution in [2.45, 2.75) is 26.7 Å². The lowest BCUT2D eigenvalue weighted by atomic mass is 9.51. The van der Waals surface area contributed by atoms with Gasteiger partial charge in [0.2, 0.25) is 0 Å². The molecule has 298 valence electrons. The van der Waals surface area contributed by atoms with Gasteiger partial charge in [-0.05, 0) is 103 Å². The summed E-state index contributed by atoms with van der Waals surface area (Å²) in [6.45, 7) is 0.788. The van der Waals surface area contributed by atoms with E-state index >= 15 is 0 Å². The van der Waals surface area contributed by atoms with Crippen molar-refractivity contribution in [1.82, 2.24) is 10.6 Å². The fraction of sp³-hybridized carbons (Fsp3) is 0.0678. The quantitative estimate of drug-likeness (QED) is 0.186. The van der Waals surface area contributed by atoms with Crippen LogP contribution in [0, 0.1) is 0 Å². The topological polar surface area (TPSA) is 36.4 Å². The second-order valence-electron chi connectivity index (χ2n) is 17.0. The molecule has 2 spiro atoms. The van der Waals surface area contributed by atoms with Crippen LogP contribution in [-0.2, 0) is 10.8 Å². The molecule has 0 radical (unpaired) electrons. The highest BCUT2D eigenvalue weighted by Crippen LogP contribution is 2.67. The van der Waals surface area contributed by atoms with E-state index in [1.165, 1.54) is 65.4 Å². The molecule has 0 fully saturated rings. The first kappa shape index (κ1) is 36.3. The molecule has 0 aromatic heterocycles. The number of amidine groups is 1. The maximum atomic E-state index is 5.43. The van der Waals surface area contributed by atoms with Crippen molar-refractivity contribution in [2.75, 3.05) is 6.54 Å². The average molecular weight is 824 g/mol. The summed E-state index contributed by atoms with van der Waals surface area (Å²) < 4.78 is 0. The Labute approximate surface area is 372 Å². The normalized spacial score (nSPS) is 17.7. The highest BCUT2D eigenvalue weighted by molar-refractivity contribution is 7.99. The number of nitrogens with one attached hydrogen (secondary N) is 2. The molecule has 8 aromatic carbocycles. The first-order valence-corrected chi connectivity index (χ1v) is 22.7. The highest BCUT2D eigenvalue weighted by atomic mass is 32.2. The van der Waals surface area contributed by atoms with Crippen LogP contribution in [0.15, 0.2) is 239 Å². The summed E-state index contributed by atoms with van der Waals surface area (Å²) in [5.74, 6) is 0.857. The molecule has 13 rings (SSSR count). The first-order valence-electron chi connectivity index (χ1n) is 21.9. The molecule has 5 aliphatic rings. The van der Waals surface area contributed by atoms with E-state index in [0.717, 1.165) is 46.0 Å². The van der Waals surface area contributed by atoms with Crippen molar-refractivity contribution in [3.05, 3.63) is 280 Å². The van der Waals surface area contributed by atoms with Gasteiger partial charge in [0.05, 0.1) is 10.8 Å². The number of nitrogens with zero attached hydrogens (tertiary/aromatic N) is 1. The average Bonchev–Trinajstić information content (AvgIpc) is 3.65. The summed E-state index contributed by atoms with van der Waals surface area (Å²) in [4.78, 5) is 8.05. The van der Waals surface area contributed by atoms with Crippen molar-refractivity contribution in [3.63, 3.8) is 0 Å². The summed E-state index contributed by atoms with van der Waals surface area (Å²) >= 11 is 1.89. The van der Waals surface area contributed by atoms with Crippen LogP contribution in [0.25, 0.3) is 28.0 Å². The van der Waals surface area contributed by atoms with Gasteiger partial charge in [0.15, 0.2) is 0 Å². The molecule has 1 atom stereocenters. The smallest absolute Gasteiger partial charge is 0.134 e. The Bertz CT molecular complexity index is 3220. The molecule has 0 saturated heterocycles. The van der Waals surface area contributed by atoms with E-state index in [-0.39, 0.29) is 6.04 Å². The van der Waals surface area contributed by atoms with Crippen LogP contribution < -0.4 is 10.6 Å². The molecule has 0 saturated carbocycles. The van der Waals surface area contributed by atoms with Gasteiger partial charge >= 0.3 is 0 Å². The third kappa shape index (κ3) is 5.13. The number of fused-ring (bicyclic) bond motifs is 15. The van der Waals surface area contributed by atoms with Crippen LogP contribution >= 0.6 is 11.8 Å². The van der Waals surface area contributed by atoms with Gasteiger partial charge in [0, 0.05) is 33.3 Å². The Kier molecular flexibility index (Phi) is 8.10. The molecular formula is C59H41N3S. The van der Waals surface area contributed by atoms with Crippen molar-refractivity contribution in [2.24, 2.45) is 4.99 Å². The number of dihydropyridines is 1. The molecule has 0 amide bonds. The maximum Gasteiger partial charge on any atom is 0.134 e. The predicted molar refractivity (Wildman–Crippen MR) is 258 cm³/mol. The van der Waals surface area contributed by atoms with E-state index in [0.29, 0.717) is 0 Å². The summed E-state index contributed by atoms with van der Waals surface area (Å²) in [7, 11) is 0. The molecule has 2 aliphatic carbocycles. The first-order chi connectivity index (χ1) is 31.2. The molecular weight excluding hydrogens is 783 g/mol. The summed E-state index contributed by atoms with van der Waals surface area (Å²) in [6, 6.07) is 72.4. The Morgan fingerprint density at radius 3 is 1.62 bits per heavy atom. The van der Waals surface area contributed by atoms with Gasteiger partial charge in [-0.2, -0.15) is 0 Å². The Morgan fingerprint density at radius 2 is 0.984 bits per heavy atom. The monoisotopic (exact) mass is 823 g/mol. The number of aliphatic imine (C=N–C) groups is 1. The number of rotatable bonds is 4. The van der Waals surface area contributed by atoms with Crippen LogP contribution in [-0.4, -0.2) is 18.4 Å². The minimum atomic E-state index is -0.578. The molecule has 8 aromatic rings. The van der Waals surface area contributed by atoms with Gasteiger partial charge in [-0.3, -0.25) is 4.99 Å². The van der Waals surface area contributed by atoms with Gasteiger partial charge in [-0.1, -0.05) is 200 Å². The third-order valence-electron chi connectivity index (χ3n) is 13.9. The van der Waals surface area contributed by atoms with E-state index in [4.69, 9.17) is 4.99 Å². The zero-order valence-electron chi connectivity index (χ0n) is 34.4. The van der Waals surface area contributed by atoms with Crippen LogP contribution in [0.5, 0.6) is 0 Å².